The monoisotopic (exact) mass is 443 g/mol. The van der Waals surface area contributed by atoms with Crippen molar-refractivity contribution in [2.75, 3.05) is 13.2 Å². The third kappa shape index (κ3) is 4.14. The number of hydrogen-bond acceptors (Lipinski definition) is 4. The molecule has 2 aliphatic heterocycles. The standard InChI is InChI=1S/C25H24F3NO3/c26-25(27,28)32-19-9-10-20(22-8-4-13-30-22)21(14-19)18-15-24(31-16-18)11-5-12-29-23(24)17-6-2-1-3-7-17/h1-4,6-10,13-14,18,23,29H,5,11-12,15-16H2/t18-,23-,24+/m0/s1. The fourth-order valence-electron chi connectivity index (χ4n) is 5.14. The molecule has 0 bridgehead atoms. The molecular weight excluding hydrogens is 419 g/mol. The Balaban J connectivity index is 1.50. The number of rotatable bonds is 4. The molecule has 2 saturated heterocycles. The van der Waals surface area contributed by atoms with Crippen molar-refractivity contribution in [3.05, 3.63) is 78.1 Å². The van der Waals surface area contributed by atoms with Gasteiger partial charge >= 0.3 is 6.36 Å². The number of nitrogens with one attached hydrogen (secondary N) is 1. The summed E-state index contributed by atoms with van der Waals surface area (Å²) >= 11 is 0. The van der Waals surface area contributed by atoms with E-state index < -0.39 is 12.0 Å². The van der Waals surface area contributed by atoms with Gasteiger partial charge in [-0.2, -0.15) is 0 Å². The van der Waals surface area contributed by atoms with Crippen LogP contribution in [0.2, 0.25) is 0 Å². The third-order valence-corrected chi connectivity index (χ3v) is 6.43. The van der Waals surface area contributed by atoms with E-state index in [-0.39, 0.29) is 17.7 Å². The molecule has 0 unspecified atom stereocenters. The van der Waals surface area contributed by atoms with Crippen molar-refractivity contribution < 1.29 is 27.1 Å². The van der Waals surface area contributed by atoms with Gasteiger partial charge in [0.1, 0.15) is 11.5 Å². The second-order valence-electron chi connectivity index (χ2n) is 8.45. The van der Waals surface area contributed by atoms with Crippen molar-refractivity contribution in [2.45, 2.75) is 43.2 Å². The van der Waals surface area contributed by atoms with Crippen LogP contribution in [-0.2, 0) is 4.74 Å². The van der Waals surface area contributed by atoms with Crippen molar-refractivity contribution in [3.8, 4) is 17.1 Å². The molecule has 2 aliphatic rings. The predicted octanol–water partition coefficient (Wildman–Crippen LogP) is 6.21. The molecule has 168 valence electrons. The molecule has 0 aliphatic carbocycles. The number of hydrogen-bond donors (Lipinski definition) is 1. The topological polar surface area (TPSA) is 43.6 Å². The highest BCUT2D eigenvalue weighted by atomic mass is 19.4. The maximum atomic E-state index is 12.9. The molecule has 32 heavy (non-hydrogen) atoms. The summed E-state index contributed by atoms with van der Waals surface area (Å²) in [5, 5.41) is 3.61. The first kappa shape index (κ1) is 21.1. The summed E-state index contributed by atoms with van der Waals surface area (Å²) in [6.07, 6.45) is -0.614. The molecule has 1 spiro atoms. The lowest BCUT2D eigenvalue weighted by Crippen LogP contribution is -2.48. The van der Waals surface area contributed by atoms with Crippen LogP contribution in [0.3, 0.4) is 0 Å². The first-order valence-corrected chi connectivity index (χ1v) is 10.8. The highest BCUT2D eigenvalue weighted by Crippen LogP contribution is 2.50. The Morgan fingerprint density at radius 1 is 1.03 bits per heavy atom. The van der Waals surface area contributed by atoms with Gasteiger partial charge in [0, 0.05) is 11.5 Å². The van der Waals surface area contributed by atoms with Gasteiger partial charge in [0.15, 0.2) is 0 Å². The normalized spacial score (nSPS) is 25.8. The second kappa shape index (κ2) is 8.30. The minimum atomic E-state index is -4.75. The van der Waals surface area contributed by atoms with E-state index in [0.29, 0.717) is 18.8 Å². The van der Waals surface area contributed by atoms with Crippen molar-refractivity contribution in [2.24, 2.45) is 0 Å². The molecule has 3 heterocycles. The van der Waals surface area contributed by atoms with Crippen molar-refractivity contribution in [1.29, 1.82) is 0 Å². The number of furan rings is 1. The van der Waals surface area contributed by atoms with Crippen LogP contribution in [0.1, 0.15) is 42.3 Å². The quantitative estimate of drug-likeness (QED) is 0.521. The molecule has 0 amide bonds. The first-order valence-electron chi connectivity index (χ1n) is 10.8. The lowest BCUT2D eigenvalue weighted by Gasteiger charge is -2.41. The van der Waals surface area contributed by atoms with E-state index in [0.717, 1.165) is 36.1 Å². The largest absolute Gasteiger partial charge is 0.573 e. The Hall–Kier alpha value is -2.77. The highest BCUT2D eigenvalue weighted by Gasteiger charge is 2.49. The molecule has 5 rings (SSSR count). The van der Waals surface area contributed by atoms with Crippen molar-refractivity contribution >= 4 is 0 Å². The molecule has 1 aromatic heterocycles. The van der Waals surface area contributed by atoms with Crippen molar-refractivity contribution in [3.63, 3.8) is 0 Å². The summed E-state index contributed by atoms with van der Waals surface area (Å²) in [5.74, 6) is 0.295. The second-order valence-corrected chi connectivity index (χ2v) is 8.45. The van der Waals surface area contributed by atoms with E-state index in [1.165, 1.54) is 12.1 Å². The minimum absolute atomic E-state index is 0.0316. The average molecular weight is 443 g/mol. The number of ether oxygens (including phenoxy) is 2. The number of piperidine rings is 1. The van der Waals surface area contributed by atoms with Gasteiger partial charge in [-0.1, -0.05) is 30.3 Å². The molecule has 2 fully saturated rings. The summed E-state index contributed by atoms with van der Waals surface area (Å²) in [4.78, 5) is 0. The SMILES string of the molecule is FC(F)(F)Oc1ccc(-c2ccco2)c([C@@H]2CO[C@]3(CCCN[C@H]3c3ccccc3)C2)c1. The van der Waals surface area contributed by atoms with Gasteiger partial charge in [0.2, 0.25) is 0 Å². The summed E-state index contributed by atoms with van der Waals surface area (Å²) in [7, 11) is 0. The van der Waals surface area contributed by atoms with Gasteiger partial charge in [-0.15, -0.1) is 13.2 Å². The molecule has 2 aromatic carbocycles. The van der Waals surface area contributed by atoms with Crippen LogP contribution in [0.4, 0.5) is 13.2 Å². The molecular formula is C25H24F3NO3. The van der Waals surface area contributed by atoms with Crippen molar-refractivity contribution in [1.82, 2.24) is 5.32 Å². The maximum Gasteiger partial charge on any atom is 0.573 e. The van der Waals surface area contributed by atoms with Crippen LogP contribution in [0.5, 0.6) is 5.75 Å². The fourth-order valence-corrected chi connectivity index (χ4v) is 5.14. The molecule has 3 atom stereocenters. The zero-order chi connectivity index (χ0) is 22.2. The van der Waals surface area contributed by atoms with E-state index in [9.17, 15) is 13.2 Å². The van der Waals surface area contributed by atoms with Gasteiger partial charge in [0.05, 0.1) is 24.5 Å². The number of benzene rings is 2. The van der Waals surface area contributed by atoms with Gasteiger partial charge in [0.25, 0.3) is 0 Å². The van der Waals surface area contributed by atoms with E-state index in [4.69, 9.17) is 9.15 Å². The van der Waals surface area contributed by atoms with Gasteiger partial charge in [-0.25, -0.2) is 0 Å². The maximum absolute atomic E-state index is 12.9. The van der Waals surface area contributed by atoms with Crippen LogP contribution in [0, 0.1) is 0 Å². The van der Waals surface area contributed by atoms with Crippen LogP contribution in [0.15, 0.2) is 71.3 Å². The van der Waals surface area contributed by atoms with Crippen LogP contribution >= 0.6 is 0 Å². The Morgan fingerprint density at radius 3 is 2.62 bits per heavy atom. The first-order chi connectivity index (χ1) is 15.4. The van der Waals surface area contributed by atoms with Gasteiger partial charge in [-0.3, -0.25) is 0 Å². The summed E-state index contributed by atoms with van der Waals surface area (Å²) in [6.45, 7) is 1.33. The minimum Gasteiger partial charge on any atom is -0.464 e. The van der Waals surface area contributed by atoms with Crippen LogP contribution < -0.4 is 10.1 Å². The molecule has 0 radical (unpaired) electrons. The van der Waals surface area contributed by atoms with E-state index in [2.05, 4.69) is 22.2 Å². The van der Waals surface area contributed by atoms with Gasteiger partial charge in [-0.05, 0) is 67.3 Å². The third-order valence-electron chi connectivity index (χ3n) is 6.43. The number of alkyl halides is 3. The lowest BCUT2D eigenvalue weighted by atomic mass is 9.76. The highest BCUT2D eigenvalue weighted by molar-refractivity contribution is 5.65. The van der Waals surface area contributed by atoms with E-state index >= 15 is 0 Å². The van der Waals surface area contributed by atoms with E-state index in [1.807, 2.05) is 24.3 Å². The summed E-state index contributed by atoms with van der Waals surface area (Å²) < 4.78 is 54.9. The van der Waals surface area contributed by atoms with Crippen LogP contribution in [0.25, 0.3) is 11.3 Å². The molecule has 1 N–H and O–H groups in total. The zero-order valence-corrected chi connectivity index (χ0v) is 17.4. The average Bonchev–Trinajstić information content (AvgIpc) is 3.45. The summed E-state index contributed by atoms with van der Waals surface area (Å²) in [5.41, 5.74) is 2.26. The Bertz CT molecular complexity index is 1050. The lowest BCUT2D eigenvalue weighted by molar-refractivity contribution is -0.274. The fraction of sp³-hybridized carbons (Fsp3) is 0.360. The molecule has 4 nitrogen and oxygen atoms in total. The summed E-state index contributed by atoms with van der Waals surface area (Å²) in [6, 6.07) is 18.2. The zero-order valence-electron chi connectivity index (χ0n) is 17.4. The Labute approximate surface area is 184 Å². The Kier molecular flexibility index (Phi) is 5.47. The smallest absolute Gasteiger partial charge is 0.464 e. The molecule has 0 saturated carbocycles. The molecule has 7 heteroatoms. The number of halogens is 3. The Morgan fingerprint density at radius 2 is 1.88 bits per heavy atom. The van der Waals surface area contributed by atoms with E-state index in [1.54, 1.807) is 18.4 Å². The van der Waals surface area contributed by atoms with Crippen LogP contribution in [-0.4, -0.2) is 25.1 Å². The predicted molar refractivity (Wildman–Crippen MR) is 113 cm³/mol. The molecule has 3 aromatic rings. The van der Waals surface area contributed by atoms with Gasteiger partial charge < -0.3 is 19.2 Å².